The fourth-order valence-corrected chi connectivity index (χ4v) is 3.71. The lowest BCUT2D eigenvalue weighted by atomic mass is 10.1. The molecule has 7 nitrogen and oxygen atoms in total. The summed E-state index contributed by atoms with van der Waals surface area (Å²) in [6, 6.07) is 4.81. The maximum Gasteiger partial charge on any atom is 0.279 e. The van der Waals surface area contributed by atoms with Crippen molar-refractivity contribution in [3.8, 4) is 5.75 Å². The van der Waals surface area contributed by atoms with Gasteiger partial charge in [0.15, 0.2) is 6.61 Å². The number of hydrogen-bond donors (Lipinski definition) is 2. The number of amides is 1. The van der Waals surface area contributed by atoms with Crippen LogP contribution in [0.1, 0.15) is 32.4 Å². The topological polar surface area (TPSA) is 87.7 Å². The molecule has 0 saturated carbocycles. The molecule has 0 saturated heterocycles. The summed E-state index contributed by atoms with van der Waals surface area (Å²) in [5.41, 5.74) is 1.31. The molecule has 1 amide bonds. The molecule has 122 valence electrons. The summed E-state index contributed by atoms with van der Waals surface area (Å²) in [4.78, 5) is 11.3. The standard InChI is InChI=1S/C14H21N3O4S/c1-4-17(5-2)22(19,20)16-10(3)11-6-7-13-12(8-11)15-14(18)9-21-13/h6-8,10,16H,4-5,9H2,1-3H3,(H,15,18). The third-order valence-corrected chi connectivity index (χ3v) is 5.36. The normalized spacial score (nSPS) is 15.9. The molecule has 1 unspecified atom stereocenters. The Morgan fingerprint density at radius 1 is 1.36 bits per heavy atom. The van der Waals surface area contributed by atoms with E-state index in [0.29, 0.717) is 24.5 Å². The van der Waals surface area contributed by atoms with Gasteiger partial charge in [-0.15, -0.1) is 0 Å². The van der Waals surface area contributed by atoms with Crippen molar-refractivity contribution in [1.82, 2.24) is 9.03 Å². The van der Waals surface area contributed by atoms with E-state index in [0.717, 1.165) is 5.56 Å². The molecule has 1 aliphatic rings. The first-order chi connectivity index (χ1) is 10.4. The smallest absolute Gasteiger partial charge is 0.279 e. The van der Waals surface area contributed by atoms with Crippen molar-refractivity contribution in [2.45, 2.75) is 26.8 Å². The zero-order chi connectivity index (χ0) is 16.3. The summed E-state index contributed by atoms with van der Waals surface area (Å²) in [6.07, 6.45) is 0. The number of nitrogens with zero attached hydrogens (tertiary/aromatic N) is 1. The van der Waals surface area contributed by atoms with Crippen LogP contribution in [0.3, 0.4) is 0 Å². The lowest BCUT2D eigenvalue weighted by Crippen LogP contribution is -2.41. The Balaban J connectivity index is 2.18. The zero-order valence-electron chi connectivity index (χ0n) is 12.9. The molecule has 1 aromatic carbocycles. The van der Waals surface area contributed by atoms with Gasteiger partial charge in [0, 0.05) is 19.1 Å². The number of rotatable bonds is 6. The van der Waals surface area contributed by atoms with E-state index in [1.807, 2.05) is 0 Å². The summed E-state index contributed by atoms with van der Waals surface area (Å²) in [7, 11) is -3.54. The van der Waals surface area contributed by atoms with Crippen LogP contribution in [-0.4, -0.2) is 38.3 Å². The Hall–Kier alpha value is -1.64. The summed E-state index contributed by atoms with van der Waals surface area (Å²) >= 11 is 0. The van der Waals surface area contributed by atoms with E-state index in [-0.39, 0.29) is 12.5 Å². The Morgan fingerprint density at radius 2 is 2.05 bits per heavy atom. The van der Waals surface area contributed by atoms with Crippen molar-refractivity contribution < 1.29 is 17.9 Å². The fourth-order valence-electron chi connectivity index (χ4n) is 2.30. The highest BCUT2D eigenvalue weighted by atomic mass is 32.2. The molecule has 1 atom stereocenters. The largest absolute Gasteiger partial charge is 0.482 e. The molecule has 1 aliphatic heterocycles. The second kappa shape index (κ2) is 6.64. The van der Waals surface area contributed by atoms with E-state index < -0.39 is 16.3 Å². The Labute approximate surface area is 130 Å². The maximum atomic E-state index is 12.2. The molecule has 0 radical (unpaired) electrons. The SMILES string of the molecule is CCN(CC)S(=O)(=O)NC(C)c1ccc2c(c1)NC(=O)CO2. The van der Waals surface area contributed by atoms with E-state index in [9.17, 15) is 13.2 Å². The van der Waals surface area contributed by atoms with E-state index in [1.54, 1.807) is 39.0 Å². The molecule has 0 bridgehead atoms. The lowest BCUT2D eigenvalue weighted by Gasteiger charge is -2.24. The average molecular weight is 327 g/mol. The predicted molar refractivity (Wildman–Crippen MR) is 84.0 cm³/mol. The Bertz CT molecular complexity index is 656. The van der Waals surface area contributed by atoms with Crippen LogP contribution in [0, 0.1) is 0 Å². The number of ether oxygens (including phenoxy) is 1. The third-order valence-electron chi connectivity index (χ3n) is 3.51. The van der Waals surface area contributed by atoms with Gasteiger partial charge >= 0.3 is 0 Å². The maximum absolute atomic E-state index is 12.2. The number of carbonyl (C=O) groups is 1. The lowest BCUT2D eigenvalue weighted by molar-refractivity contribution is -0.118. The second-order valence-corrected chi connectivity index (χ2v) is 6.72. The Kier molecular flexibility index (Phi) is 5.05. The van der Waals surface area contributed by atoms with Crippen LogP contribution in [0.2, 0.25) is 0 Å². The minimum atomic E-state index is -3.54. The van der Waals surface area contributed by atoms with Crippen LogP contribution in [-0.2, 0) is 15.0 Å². The Morgan fingerprint density at radius 3 is 2.68 bits per heavy atom. The monoisotopic (exact) mass is 327 g/mol. The molecule has 8 heteroatoms. The van der Waals surface area contributed by atoms with Crippen LogP contribution < -0.4 is 14.8 Å². The quantitative estimate of drug-likeness (QED) is 0.823. The molecule has 1 aromatic rings. The second-order valence-electron chi connectivity index (χ2n) is 5.02. The van der Waals surface area contributed by atoms with Crippen LogP contribution in [0.5, 0.6) is 5.75 Å². The van der Waals surface area contributed by atoms with Gasteiger partial charge in [0.1, 0.15) is 5.75 Å². The minimum Gasteiger partial charge on any atom is -0.482 e. The number of nitrogens with one attached hydrogen (secondary N) is 2. The number of anilines is 1. The van der Waals surface area contributed by atoms with Crippen molar-refractivity contribution in [2.75, 3.05) is 25.0 Å². The number of benzene rings is 1. The first-order valence-corrected chi connectivity index (χ1v) is 8.65. The number of fused-ring (bicyclic) bond motifs is 1. The van der Waals surface area contributed by atoms with E-state index in [2.05, 4.69) is 10.0 Å². The molecule has 0 spiro atoms. The highest BCUT2D eigenvalue weighted by Crippen LogP contribution is 2.30. The van der Waals surface area contributed by atoms with E-state index in [1.165, 1.54) is 4.31 Å². The van der Waals surface area contributed by atoms with Gasteiger partial charge in [-0.1, -0.05) is 19.9 Å². The molecule has 0 aromatic heterocycles. The van der Waals surface area contributed by atoms with Gasteiger partial charge in [0.25, 0.3) is 16.1 Å². The van der Waals surface area contributed by atoms with Crippen LogP contribution in [0.25, 0.3) is 0 Å². The molecular weight excluding hydrogens is 306 g/mol. The molecule has 2 rings (SSSR count). The van der Waals surface area contributed by atoms with Crippen molar-refractivity contribution in [2.24, 2.45) is 0 Å². The van der Waals surface area contributed by atoms with Crippen molar-refractivity contribution in [3.63, 3.8) is 0 Å². The summed E-state index contributed by atoms with van der Waals surface area (Å²) < 4.78 is 33.8. The highest BCUT2D eigenvalue weighted by molar-refractivity contribution is 7.87. The molecular formula is C14H21N3O4S. The van der Waals surface area contributed by atoms with E-state index in [4.69, 9.17) is 4.74 Å². The van der Waals surface area contributed by atoms with Gasteiger partial charge in [-0.25, -0.2) is 0 Å². The molecule has 1 heterocycles. The summed E-state index contributed by atoms with van der Waals surface area (Å²) in [5, 5.41) is 2.71. The van der Waals surface area contributed by atoms with Crippen molar-refractivity contribution in [3.05, 3.63) is 23.8 Å². The zero-order valence-corrected chi connectivity index (χ0v) is 13.7. The van der Waals surface area contributed by atoms with Crippen molar-refractivity contribution in [1.29, 1.82) is 0 Å². The first-order valence-electron chi connectivity index (χ1n) is 7.21. The van der Waals surface area contributed by atoms with Crippen molar-refractivity contribution >= 4 is 21.8 Å². The van der Waals surface area contributed by atoms with Gasteiger partial charge in [-0.05, 0) is 24.6 Å². The third kappa shape index (κ3) is 3.57. The van der Waals surface area contributed by atoms with Gasteiger partial charge < -0.3 is 10.1 Å². The summed E-state index contributed by atoms with van der Waals surface area (Å²) in [6.45, 7) is 6.16. The average Bonchev–Trinajstić information content (AvgIpc) is 2.46. The first kappa shape index (κ1) is 16.7. The van der Waals surface area contributed by atoms with E-state index >= 15 is 0 Å². The molecule has 0 aliphatic carbocycles. The van der Waals surface area contributed by atoms with Gasteiger partial charge in [-0.2, -0.15) is 17.4 Å². The summed E-state index contributed by atoms with van der Waals surface area (Å²) in [5.74, 6) is 0.364. The van der Waals surface area contributed by atoms with Gasteiger partial charge in [0.2, 0.25) is 0 Å². The van der Waals surface area contributed by atoms with Gasteiger partial charge in [0.05, 0.1) is 5.69 Å². The molecule has 2 N–H and O–H groups in total. The van der Waals surface area contributed by atoms with Gasteiger partial charge in [-0.3, -0.25) is 4.79 Å². The number of hydrogen-bond acceptors (Lipinski definition) is 4. The fraction of sp³-hybridized carbons (Fsp3) is 0.500. The highest BCUT2D eigenvalue weighted by Gasteiger charge is 2.23. The predicted octanol–water partition coefficient (Wildman–Crippen LogP) is 1.25. The number of carbonyl (C=O) groups excluding carboxylic acids is 1. The van der Waals surface area contributed by atoms with Crippen LogP contribution in [0.4, 0.5) is 5.69 Å². The molecule has 0 fully saturated rings. The minimum absolute atomic E-state index is 0.00348. The molecule has 22 heavy (non-hydrogen) atoms. The van der Waals surface area contributed by atoms with Crippen LogP contribution in [0.15, 0.2) is 18.2 Å². The van der Waals surface area contributed by atoms with Crippen LogP contribution >= 0.6 is 0 Å².